The number of carbonyl (C=O) groups is 1. The van der Waals surface area contributed by atoms with Crippen LogP contribution in [0.25, 0.3) is 40.4 Å². The van der Waals surface area contributed by atoms with E-state index < -0.39 is 5.97 Å². The molecule has 0 bridgehead atoms. The summed E-state index contributed by atoms with van der Waals surface area (Å²) in [5.74, 6) is -0.863. The Labute approximate surface area is 221 Å². The van der Waals surface area contributed by atoms with Crippen LogP contribution in [0.15, 0.2) is 72.8 Å². The van der Waals surface area contributed by atoms with E-state index in [1.165, 1.54) is 20.2 Å². The molecule has 36 heavy (non-hydrogen) atoms. The fourth-order valence-corrected chi connectivity index (χ4v) is 7.72. The van der Waals surface area contributed by atoms with E-state index in [1.54, 1.807) is 34.0 Å². The van der Waals surface area contributed by atoms with Crippen molar-refractivity contribution < 1.29 is 20.1 Å². The molecule has 0 radical (unpaired) electrons. The maximum absolute atomic E-state index is 11.6. The molecule has 0 aliphatic rings. The number of hydrogen-bond donors (Lipinski definition) is 3. The van der Waals surface area contributed by atoms with Crippen molar-refractivity contribution in [3.8, 4) is 40.4 Å². The van der Waals surface area contributed by atoms with Gasteiger partial charge in [-0.15, -0.1) is 34.0 Å². The Bertz CT molecular complexity index is 1540. The SMILES string of the molecule is Cc1cc(-c2ccc(-c3cc(CC(=O)O)c(-c4cccc(CO)c4)s3)s2)sc1-c1cccc(CO)c1. The molecule has 0 aliphatic heterocycles. The van der Waals surface area contributed by atoms with Gasteiger partial charge in [-0.2, -0.15) is 0 Å². The highest BCUT2D eigenvalue weighted by atomic mass is 32.1. The molecule has 7 heteroatoms. The maximum Gasteiger partial charge on any atom is 0.307 e. The number of carboxylic acid groups (broad SMARTS) is 1. The van der Waals surface area contributed by atoms with Crippen molar-refractivity contribution in [3.05, 3.63) is 95.1 Å². The van der Waals surface area contributed by atoms with Crippen LogP contribution in [-0.2, 0) is 24.4 Å². The number of rotatable bonds is 8. The van der Waals surface area contributed by atoms with Gasteiger partial charge in [0.1, 0.15) is 0 Å². The summed E-state index contributed by atoms with van der Waals surface area (Å²) in [6, 6.07) is 24.1. The molecule has 0 atom stereocenters. The van der Waals surface area contributed by atoms with Crippen LogP contribution in [0.5, 0.6) is 0 Å². The second kappa shape index (κ2) is 10.5. The number of aliphatic hydroxyl groups is 2. The second-order valence-corrected chi connectivity index (χ2v) is 11.7. The maximum atomic E-state index is 11.6. The van der Waals surface area contributed by atoms with Gasteiger partial charge >= 0.3 is 5.97 Å². The van der Waals surface area contributed by atoms with Crippen molar-refractivity contribution in [2.24, 2.45) is 0 Å². The van der Waals surface area contributed by atoms with Crippen molar-refractivity contribution in [2.75, 3.05) is 0 Å². The first-order valence-corrected chi connectivity index (χ1v) is 13.9. The van der Waals surface area contributed by atoms with Crippen LogP contribution in [0, 0.1) is 6.92 Å². The largest absolute Gasteiger partial charge is 0.481 e. The van der Waals surface area contributed by atoms with Crippen molar-refractivity contribution >= 4 is 40.0 Å². The average molecular weight is 533 g/mol. The number of thiophene rings is 3. The second-order valence-electron chi connectivity index (χ2n) is 8.54. The quantitative estimate of drug-likeness (QED) is 0.194. The van der Waals surface area contributed by atoms with E-state index >= 15 is 0 Å². The summed E-state index contributed by atoms with van der Waals surface area (Å²) >= 11 is 5.03. The highest BCUT2D eigenvalue weighted by Gasteiger charge is 2.18. The summed E-state index contributed by atoms with van der Waals surface area (Å²) in [6.45, 7) is 2.08. The van der Waals surface area contributed by atoms with E-state index in [9.17, 15) is 20.1 Å². The Balaban J connectivity index is 1.49. The Hall–Kier alpha value is -3.07. The lowest BCUT2D eigenvalue weighted by molar-refractivity contribution is -0.136. The van der Waals surface area contributed by atoms with Gasteiger partial charge in [0.05, 0.1) is 19.6 Å². The minimum Gasteiger partial charge on any atom is -0.481 e. The molecule has 2 aromatic carbocycles. The molecule has 0 fully saturated rings. The predicted molar refractivity (Wildman–Crippen MR) is 150 cm³/mol. The first kappa shape index (κ1) is 24.6. The van der Waals surface area contributed by atoms with Crippen LogP contribution < -0.4 is 0 Å². The van der Waals surface area contributed by atoms with Crippen LogP contribution in [0.3, 0.4) is 0 Å². The molecule has 5 rings (SSSR count). The minimum absolute atomic E-state index is 0.0242. The van der Waals surface area contributed by atoms with Gasteiger partial charge in [0, 0.05) is 29.3 Å². The lowest BCUT2D eigenvalue weighted by Gasteiger charge is -2.04. The lowest BCUT2D eigenvalue weighted by atomic mass is 10.0. The van der Waals surface area contributed by atoms with Gasteiger partial charge < -0.3 is 15.3 Å². The molecule has 4 nitrogen and oxygen atoms in total. The van der Waals surface area contributed by atoms with E-state index in [0.29, 0.717) is 0 Å². The summed E-state index contributed by atoms with van der Waals surface area (Å²) < 4.78 is 0. The van der Waals surface area contributed by atoms with E-state index in [1.807, 2.05) is 48.5 Å². The zero-order chi connectivity index (χ0) is 25.2. The Morgan fingerprint density at radius 3 is 1.83 bits per heavy atom. The summed E-state index contributed by atoms with van der Waals surface area (Å²) in [6.07, 6.45) is -0.0478. The third-order valence-electron chi connectivity index (χ3n) is 5.90. The first-order chi connectivity index (χ1) is 17.4. The highest BCUT2D eigenvalue weighted by molar-refractivity contribution is 7.28. The van der Waals surface area contributed by atoms with Gasteiger partial charge in [0.25, 0.3) is 0 Å². The number of aliphatic hydroxyl groups excluding tert-OH is 2. The van der Waals surface area contributed by atoms with Crippen LogP contribution in [-0.4, -0.2) is 21.3 Å². The van der Waals surface area contributed by atoms with Crippen molar-refractivity contribution in [1.29, 1.82) is 0 Å². The number of aliphatic carboxylic acids is 1. The van der Waals surface area contributed by atoms with Gasteiger partial charge in [-0.1, -0.05) is 36.4 Å². The molecular weight excluding hydrogens is 509 g/mol. The molecule has 182 valence electrons. The lowest BCUT2D eigenvalue weighted by Crippen LogP contribution is -1.99. The Morgan fingerprint density at radius 1 is 0.694 bits per heavy atom. The molecule has 0 saturated carbocycles. The van der Waals surface area contributed by atoms with E-state index in [-0.39, 0.29) is 19.6 Å². The normalized spacial score (nSPS) is 11.2. The molecule has 3 aromatic heterocycles. The fraction of sp³-hybridized carbons (Fsp3) is 0.138. The molecule has 0 aliphatic carbocycles. The summed E-state index contributed by atoms with van der Waals surface area (Å²) in [5, 5.41) is 28.5. The molecule has 5 aromatic rings. The standard InChI is InChI=1S/C29H24O4S3/c1-17-10-25(35-28(17)20-6-2-4-18(11-20)15-30)23-8-9-24(34-23)26-13-22(14-27(32)33)29(36-26)21-7-3-5-19(12-21)16-31/h2-13,30-31H,14-16H2,1H3,(H,32,33). The van der Waals surface area contributed by atoms with E-state index in [2.05, 4.69) is 31.2 Å². The number of aryl methyl sites for hydroxylation is 1. The summed E-state index contributed by atoms with van der Waals surface area (Å²) in [5.41, 5.74) is 5.72. The number of hydrogen-bond acceptors (Lipinski definition) is 6. The molecule has 0 unspecified atom stereocenters. The molecular formula is C29H24O4S3. The highest BCUT2D eigenvalue weighted by Crippen LogP contribution is 2.45. The van der Waals surface area contributed by atoms with Crippen LogP contribution in [0.2, 0.25) is 0 Å². The van der Waals surface area contributed by atoms with Crippen molar-refractivity contribution in [2.45, 2.75) is 26.6 Å². The Kier molecular flexibility index (Phi) is 7.18. The summed E-state index contributed by atoms with van der Waals surface area (Å²) in [4.78, 5) is 18.2. The topological polar surface area (TPSA) is 77.8 Å². The zero-order valence-electron chi connectivity index (χ0n) is 19.5. The molecule has 3 N–H and O–H groups in total. The zero-order valence-corrected chi connectivity index (χ0v) is 22.0. The average Bonchev–Trinajstić information content (AvgIpc) is 3.62. The van der Waals surface area contributed by atoms with Crippen LogP contribution >= 0.6 is 34.0 Å². The molecule has 0 amide bonds. The van der Waals surface area contributed by atoms with E-state index in [0.717, 1.165) is 42.4 Å². The van der Waals surface area contributed by atoms with Gasteiger partial charge in [-0.05, 0) is 76.7 Å². The van der Waals surface area contributed by atoms with Crippen LogP contribution in [0.4, 0.5) is 0 Å². The smallest absolute Gasteiger partial charge is 0.307 e. The monoisotopic (exact) mass is 532 g/mol. The molecule has 0 saturated heterocycles. The van der Waals surface area contributed by atoms with Crippen molar-refractivity contribution in [3.63, 3.8) is 0 Å². The predicted octanol–water partition coefficient (Wildman–Crippen LogP) is 7.46. The third-order valence-corrected chi connectivity index (χ3v) is 9.89. The minimum atomic E-state index is -0.863. The van der Waals surface area contributed by atoms with Gasteiger partial charge in [-0.25, -0.2) is 0 Å². The number of benzene rings is 2. The van der Waals surface area contributed by atoms with Crippen molar-refractivity contribution in [1.82, 2.24) is 0 Å². The number of carboxylic acids is 1. The van der Waals surface area contributed by atoms with E-state index in [4.69, 9.17) is 0 Å². The molecule has 0 spiro atoms. The summed E-state index contributed by atoms with van der Waals surface area (Å²) in [7, 11) is 0. The third kappa shape index (κ3) is 5.07. The van der Waals surface area contributed by atoms with Gasteiger partial charge in [0.2, 0.25) is 0 Å². The molecule has 3 heterocycles. The van der Waals surface area contributed by atoms with Crippen LogP contribution in [0.1, 0.15) is 22.3 Å². The first-order valence-electron chi connectivity index (χ1n) is 11.4. The van der Waals surface area contributed by atoms with Gasteiger partial charge in [0.15, 0.2) is 0 Å². The van der Waals surface area contributed by atoms with Gasteiger partial charge in [-0.3, -0.25) is 4.79 Å². The fourth-order valence-electron chi connectivity index (χ4n) is 4.20. The Morgan fingerprint density at radius 2 is 1.25 bits per heavy atom.